The van der Waals surface area contributed by atoms with E-state index in [4.69, 9.17) is 22.2 Å². The second kappa shape index (κ2) is 8.20. The third-order valence-corrected chi connectivity index (χ3v) is 6.01. The number of nitrogens with two attached hydrogens (primary N) is 1. The lowest BCUT2D eigenvalue weighted by molar-refractivity contribution is -0.150. The van der Waals surface area contributed by atoms with Crippen molar-refractivity contribution in [3.8, 4) is 0 Å². The second-order valence-corrected chi connectivity index (χ2v) is 8.26. The van der Waals surface area contributed by atoms with E-state index in [1.54, 1.807) is 0 Å². The fourth-order valence-corrected chi connectivity index (χ4v) is 4.68. The van der Waals surface area contributed by atoms with Crippen LogP contribution in [0.25, 0.3) is 0 Å². The molecule has 0 aliphatic carbocycles. The smallest absolute Gasteiger partial charge is 0.352 e. The van der Waals surface area contributed by atoms with Gasteiger partial charge < -0.3 is 21.0 Å². The molecule has 1 aromatic rings. The number of amides is 2. The van der Waals surface area contributed by atoms with Crippen LogP contribution in [0.4, 0.5) is 5.13 Å². The van der Waals surface area contributed by atoms with Gasteiger partial charge in [0.05, 0.1) is 0 Å². The van der Waals surface area contributed by atoms with Crippen molar-refractivity contribution in [2.24, 2.45) is 5.16 Å². The molecule has 10 nitrogen and oxygen atoms in total. The highest BCUT2D eigenvalue weighted by atomic mass is 35.5. The van der Waals surface area contributed by atoms with Crippen molar-refractivity contribution in [3.63, 3.8) is 0 Å². The number of thiazole rings is 1. The number of aromatic nitrogens is 1. The SMILES string of the molecule is C=CCON=C(C(=O)NC1C(=O)N2C(C(=O)O)=CCS[C@H]12)c1nc(N)sc1Cl. The van der Waals surface area contributed by atoms with Crippen LogP contribution in [-0.2, 0) is 19.2 Å². The molecule has 0 saturated carbocycles. The number of rotatable bonds is 7. The van der Waals surface area contributed by atoms with Crippen LogP contribution in [0.5, 0.6) is 0 Å². The average Bonchev–Trinajstić information content (AvgIpc) is 2.99. The lowest BCUT2D eigenvalue weighted by Crippen LogP contribution is -2.70. The maximum atomic E-state index is 12.7. The number of carbonyl (C=O) groups excluding carboxylic acids is 2. The van der Waals surface area contributed by atoms with Crippen molar-refractivity contribution in [2.45, 2.75) is 11.4 Å². The minimum absolute atomic E-state index is 0.0248. The Kier molecular flexibility index (Phi) is 5.91. The highest BCUT2D eigenvalue weighted by Gasteiger charge is 2.53. The first-order chi connectivity index (χ1) is 13.3. The molecule has 2 aliphatic rings. The molecule has 1 unspecified atom stereocenters. The van der Waals surface area contributed by atoms with Crippen molar-refractivity contribution >= 4 is 63.3 Å². The van der Waals surface area contributed by atoms with Gasteiger partial charge in [-0.15, -0.1) is 11.8 Å². The van der Waals surface area contributed by atoms with E-state index in [0.717, 1.165) is 16.2 Å². The molecule has 2 aliphatic heterocycles. The number of β-lactam (4-membered cyclic amide) rings is 1. The largest absolute Gasteiger partial charge is 0.477 e. The maximum Gasteiger partial charge on any atom is 0.352 e. The van der Waals surface area contributed by atoms with Crippen LogP contribution in [0.15, 0.2) is 29.6 Å². The van der Waals surface area contributed by atoms with Crippen molar-refractivity contribution in [3.05, 3.63) is 34.5 Å². The van der Waals surface area contributed by atoms with Gasteiger partial charge in [-0.1, -0.05) is 40.7 Å². The maximum absolute atomic E-state index is 12.7. The Morgan fingerprint density at radius 3 is 2.96 bits per heavy atom. The Labute approximate surface area is 172 Å². The van der Waals surface area contributed by atoms with Gasteiger partial charge in [0.1, 0.15) is 33.7 Å². The zero-order valence-corrected chi connectivity index (χ0v) is 16.5. The highest BCUT2D eigenvalue weighted by molar-refractivity contribution is 8.00. The molecule has 0 bridgehead atoms. The minimum atomic E-state index is -1.20. The van der Waals surface area contributed by atoms with Gasteiger partial charge in [0.2, 0.25) is 0 Å². The average molecular weight is 444 g/mol. The van der Waals surface area contributed by atoms with Crippen LogP contribution in [0.1, 0.15) is 5.69 Å². The predicted octanol–water partition coefficient (Wildman–Crippen LogP) is 0.654. The zero-order valence-electron chi connectivity index (χ0n) is 14.1. The molecule has 1 saturated heterocycles. The number of carbonyl (C=O) groups is 3. The van der Waals surface area contributed by atoms with Gasteiger partial charge in [-0.25, -0.2) is 9.78 Å². The molecular formula is C15H14ClN5O5S2. The van der Waals surface area contributed by atoms with Crippen LogP contribution >= 0.6 is 34.7 Å². The van der Waals surface area contributed by atoms with Gasteiger partial charge in [-0.2, -0.15) is 0 Å². The van der Waals surface area contributed by atoms with E-state index in [9.17, 15) is 19.5 Å². The first kappa shape index (κ1) is 20.2. The summed E-state index contributed by atoms with van der Waals surface area (Å²) in [4.78, 5) is 46.5. The molecule has 2 atom stereocenters. The summed E-state index contributed by atoms with van der Waals surface area (Å²) >= 11 is 8.35. The summed E-state index contributed by atoms with van der Waals surface area (Å²) in [6, 6.07) is -0.917. The highest BCUT2D eigenvalue weighted by Crippen LogP contribution is 2.37. The fraction of sp³-hybridized carbons (Fsp3) is 0.267. The number of anilines is 1. The molecule has 13 heteroatoms. The normalized spacial score (nSPS) is 21.3. The Morgan fingerprint density at radius 1 is 1.61 bits per heavy atom. The minimum Gasteiger partial charge on any atom is -0.477 e. The summed E-state index contributed by atoms with van der Waals surface area (Å²) in [5.74, 6) is -2.08. The van der Waals surface area contributed by atoms with Gasteiger partial charge >= 0.3 is 5.97 Å². The molecule has 1 aromatic heterocycles. The second-order valence-electron chi connectivity index (χ2n) is 5.48. The summed E-state index contributed by atoms with van der Waals surface area (Å²) in [5, 5.41) is 15.1. The first-order valence-corrected chi connectivity index (χ1v) is 10.0. The number of halogens is 1. The van der Waals surface area contributed by atoms with Crippen LogP contribution in [0.2, 0.25) is 4.34 Å². The molecule has 28 heavy (non-hydrogen) atoms. The molecular weight excluding hydrogens is 430 g/mol. The molecule has 1 fully saturated rings. The quantitative estimate of drug-likeness (QED) is 0.183. The van der Waals surface area contributed by atoms with Crippen molar-refractivity contribution in [1.82, 2.24) is 15.2 Å². The van der Waals surface area contributed by atoms with Crippen molar-refractivity contribution < 1.29 is 24.3 Å². The number of carboxylic acids is 1. The van der Waals surface area contributed by atoms with E-state index in [1.807, 2.05) is 0 Å². The molecule has 3 heterocycles. The van der Waals surface area contributed by atoms with Gasteiger partial charge in [-0.05, 0) is 6.08 Å². The third-order valence-electron chi connectivity index (χ3n) is 3.74. The number of hydrogen-bond acceptors (Lipinski definition) is 9. The van der Waals surface area contributed by atoms with Crippen molar-refractivity contribution in [1.29, 1.82) is 0 Å². The van der Waals surface area contributed by atoms with Crippen LogP contribution in [0.3, 0.4) is 0 Å². The molecule has 2 amide bonds. The van der Waals surface area contributed by atoms with E-state index in [1.165, 1.54) is 23.9 Å². The number of nitrogen functional groups attached to an aromatic ring is 1. The summed E-state index contributed by atoms with van der Waals surface area (Å²) in [6.45, 7) is 3.52. The lowest BCUT2D eigenvalue weighted by atomic mass is 10.0. The Bertz CT molecular complexity index is 915. The van der Waals surface area contributed by atoms with Crippen LogP contribution < -0.4 is 11.1 Å². The van der Waals surface area contributed by atoms with Gasteiger partial charge in [0, 0.05) is 5.75 Å². The Balaban J connectivity index is 1.80. The number of aliphatic carboxylic acids is 1. The first-order valence-electron chi connectivity index (χ1n) is 7.77. The number of fused-ring (bicyclic) bond motifs is 1. The lowest BCUT2D eigenvalue weighted by Gasteiger charge is -2.48. The third kappa shape index (κ3) is 3.70. The number of hydrogen-bond donors (Lipinski definition) is 3. The fourth-order valence-electron chi connectivity index (χ4n) is 2.56. The van der Waals surface area contributed by atoms with E-state index >= 15 is 0 Å². The van der Waals surface area contributed by atoms with Gasteiger partial charge in [0.25, 0.3) is 11.8 Å². The summed E-state index contributed by atoms with van der Waals surface area (Å²) in [7, 11) is 0. The number of thioether (sulfide) groups is 1. The Morgan fingerprint density at radius 2 is 2.36 bits per heavy atom. The van der Waals surface area contributed by atoms with E-state index < -0.39 is 29.2 Å². The van der Waals surface area contributed by atoms with E-state index in [2.05, 4.69) is 22.0 Å². The van der Waals surface area contributed by atoms with E-state index in [-0.39, 0.29) is 33.2 Å². The Hall–Kier alpha value is -2.57. The van der Waals surface area contributed by atoms with Crippen LogP contribution in [-0.4, -0.2) is 62.3 Å². The van der Waals surface area contributed by atoms with Gasteiger partial charge in [-0.3, -0.25) is 14.5 Å². The summed E-state index contributed by atoms with van der Waals surface area (Å²) in [5.41, 5.74) is 5.29. The molecule has 0 radical (unpaired) electrons. The monoisotopic (exact) mass is 443 g/mol. The summed E-state index contributed by atoms with van der Waals surface area (Å²) < 4.78 is 0.137. The zero-order chi connectivity index (χ0) is 20.4. The number of nitrogens with one attached hydrogen (secondary N) is 1. The topological polar surface area (TPSA) is 147 Å². The van der Waals surface area contributed by atoms with Gasteiger partial charge in [0.15, 0.2) is 10.8 Å². The molecule has 148 valence electrons. The predicted molar refractivity (Wildman–Crippen MR) is 105 cm³/mol. The van der Waals surface area contributed by atoms with E-state index in [0.29, 0.717) is 5.75 Å². The van der Waals surface area contributed by atoms with Crippen molar-refractivity contribution in [2.75, 3.05) is 18.1 Å². The molecule has 0 spiro atoms. The standard InChI is InChI=1S/C15H14ClN5O5S2/c1-2-4-26-20-8(7-10(16)28-15(17)19-7)11(22)18-9-12(23)21-6(14(24)25)3-5-27-13(9)21/h2-3,9,13H,1,4-5H2,(H2,17,19)(H,18,22)(H,24,25)/t9?,13-/m1/s1. The molecule has 3 rings (SSSR count). The number of oxime groups is 1. The summed E-state index contributed by atoms with van der Waals surface area (Å²) in [6.07, 6.45) is 2.88. The number of nitrogens with zero attached hydrogens (tertiary/aromatic N) is 3. The molecule has 0 aromatic carbocycles. The van der Waals surface area contributed by atoms with Crippen LogP contribution in [0, 0.1) is 0 Å². The number of carboxylic acid groups (broad SMARTS) is 1. The molecule has 4 N–H and O–H groups in total.